The normalized spacial score (nSPS) is 15.0. The minimum Gasteiger partial charge on any atom is -0.311 e. The smallest absolute Gasteiger partial charge is 0.252 e. The highest BCUT2D eigenvalue weighted by Gasteiger charge is 2.49. The third-order valence-electron chi connectivity index (χ3n) is 24.0. The summed E-state index contributed by atoms with van der Waals surface area (Å²) in [6, 6.07) is 92.0. The quantitative estimate of drug-likeness (QED) is 0.141. The van der Waals surface area contributed by atoms with Gasteiger partial charge < -0.3 is 18.9 Å². The molecule has 16 aromatic rings. The summed E-state index contributed by atoms with van der Waals surface area (Å²) in [7, 11) is 0. The van der Waals surface area contributed by atoms with Crippen LogP contribution in [0.25, 0.3) is 88.4 Å². The van der Waals surface area contributed by atoms with Crippen LogP contribution >= 0.6 is 0 Å². The maximum Gasteiger partial charge on any atom is 0.252 e. The number of rotatable bonds is 8. The summed E-state index contributed by atoms with van der Waals surface area (Å²) in [5.41, 5.74) is 27.9. The monoisotopic (exact) mass is 1430 g/mol. The van der Waals surface area contributed by atoms with Gasteiger partial charge in [-0.15, -0.1) is 0 Å². The second-order valence-corrected chi connectivity index (χ2v) is 35.9. The van der Waals surface area contributed by atoms with E-state index in [9.17, 15) is 8.22 Å². The number of aromatic nitrogens is 2. The molecule has 4 heterocycles. The first-order valence-electron chi connectivity index (χ1n) is 42.9. The van der Waals surface area contributed by atoms with Gasteiger partial charge in [-0.05, 0) is 201 Å². The molecule has 0 saturated heterocycles. The van der Waals surface area contributed by atoms with Gasteiger partial charge in [0.1, 0.15) is 0 Å². The molecule has 2 aromatic heterocycles. The molecule has 0 atom stereocenters. The highest BCUT2D eigenvalue weighted by atomic mass is 15.2. The molecule has 14 aromatic carbocycles. The first-order chi connectivity index (χ1) is 56.1. The molecule has 0 fully saturated rings. The van der Waals surface area contributed by atoms with Gasteiger partial charge in [0.2, 0.25) is 0 Å². The Morgan fingerprint density at radius 3 is 1.21 bits per heavy atom. The average molecular weight is 1430 g/mol. The van der Waals surface area contributed by atoms with E-state index in [2.05, 4.69) is 367 Å². The van der Waals surface area contributed by atoms with E-state index in [1.54, 1.807) is 4.57 Å². The van der Waals surface area contributed by atoms with Crippen LogP contribution in [0.2, 0.25) is 0 Å². The summed E-state index contributed by atoms with van der Waals surface area (Å²) in [5, 5.41) is 2.37. The summed E-state index contributed by atoms with van der Waals surface area (Å²) in [6.07, 6.45) is 0. The van der Waals surface area contributed by atoms with Gasteiger partial charge in [0.05, 0.1) is 49.8 Å². The van der Waals surface area contributed by atoms with Crippen molar-refractivity contribution in [2.45, 2.75) is 136 Å². The molecule has 110 heavy (non-hydrogen) atoms. The lowest BCUT2D eigenvalue weighted by atomic mass is 9.33. The molecule has 0 N–H and O–H groups in total. The molecule has 0 spiro atoms. The van der Waals surface area contributed by atoms with Gasteiger partial charge in [-0.3, -0.25) is 0 Å². The van der Waals surface area contributed by atoms with Gasteiger partial charge in [-0.1, -0.05) is 322 Å². The van der Waals surface area contributed by atoms with E-state index in [0.29, 0.717) is 5.69 Å². The summed E-state index contributed by atoms with van der Waals surface area (Å²) in [6.45, 7) is 33.6. The van der Waals surface area contributed by atoms with Gasteiger partial charge in [-0.25, -0.2) is 0 Å². The molecule has 2 aliphatic heterocycles. The van der Waals surface area contributed by atoms with Crippen molar-refractivity contribution < 1.29 is 11.0 Å². The Kier molecular flexibility index (Phi) is 13.5. The molecule has 0 radical (unpaired) electrons. The second kappa shape index (κ2) is 24.7. The maximum atomic E-state index is 9.86. The Hall–Kier alpha value is -11.7. The van der Waals surface area contributed by atoms with E-state index in [4.69, 9.17) is 2.74 Å². The largest absolute Gasteiger partial charge is 0.311 e. The van der Waals surface area contributed by atoms with E-state index in [1.165, 1.54) is 55.5 Å². The lowest BCUT2D eigenvalue weighted by molar-refractivity contribution is 0.589. The van der Waals surface area contributed by atoms with Crippen molar-refractivity contribution in [3.8, 4) is 44.8 Å². The maximum absolute atomic E-state index is 9.86. The molecular weight excluding hydrogens is 1330 g/mol. The van der Waals surface area contributed by atoms with Gasteiger partial charge >= 0.3 is 0 Å². The van der Waals surface area contributed by atoms with E-state index < -0.39 is 41.7 Å². The first kappa shape index (κ1) is 60.3. The SMILES string of the molecule is [2H]c1c([2H])c([2H])c2c(c1[2H])c1c([2H])c([2H])c([2H])c([2H])c1n2-c1ccc2c(c1)N(c1ccc(C(C)(C)C)cc1-c1ccc(C(C)(C)C)cc1)c1cc(C(C)(C)C)cc3c1B2c1ccc(-n2c4ccccc4c4c5c(ccc42)-c2ccccc2C5(c2ccccc2)c2ccccc2)cc1N3c1ccc(C(C)(C)C)cc1-c1ccc(C(C)(C)C)cc1. The molecule has 3 aliphatic rings. The zero-order valence-corrected chi connectivity index (χ0v) is 65.6. The van der Waals surface area contributed by atoms with Crippen LogP contribution in [0.5, 0.6) is 0 Å². The zero-order valence-electron chi connectivity index (χ0n) is 73.6. The number of nitrogens with zero attached hydrogens (tertiary/aromatic N) is 4. The van der Waals surface area contributed by atoms with Crippen molar-refractivity contribution >= 4 is 101 Å². The Morgan fingerprint density at radius 2 is 0.727 bits per heavy atom. The molecule has 5 heteroatoms. The predicted molar refractivity (Wildman–Crippen MR) is 471 cm³/mol. The molecule has 538 valence electrons. The summed E-state index contributed by atoms with van der Waals surface area (Å²) < 4.78 is 79.9. The van der Waals surface area contributed by atoms with Gasteiger partial charge in [0.15, 0.2) is 0 Å². The van der Waals surface area contributed by atoms with Crippen LogP contribution in [0.3, 0.4) is 0 Å². The molecule has 19 rings (SSSR count). The molecule has 1 aliphatic carbocycles. The Labute approximate surface area is 661 Å². The zero-order chi connectivity index (χ0) is 82.8. The fraction of sp³-hybridized carbons (Fsp3) is 0.200. The van der Waals surface area contributed by atoms with Crippen LogP contribution in [0, 0.1) is 0 Å². The average Bonchev–Trinajstić information content (AvgIpc) is 1.63. The minimum absolute atomic E-state index is 0.0211. The molecule has 0 bridgehead atoms. The van der Waals surface area contributed by atoms with Crippen molar-refractivity contribution in [1.82, 2.24) is 9.13 Å². The minimum atomic E-state index is -0.702. The van der Waals surface area contributed by atoms with Crippen molar-refractivity contribution in [1.29, 1.82) is 0 Å². The van der Waals surface area contributed by atoms with Crippen molar-refractivity contribution in [3.05, 3.63) is 353 Å². The van der Waals surface area contributed by atoms with E-state index in [0.717, 1.165) is 106 Å². The molecule has 0 amide bonds. The summed E-state index contributed by atoms with van der Waals surface area (Å²) in [4.78, 5) is 5.03. The van der Waals surface area contributed by atoms with Crippen molar-refractivity contribution in [2.24, 2.45) is 0 Å². The summed E-state index contributed by atoms with van der Waals surface area (Å²) in [5.74, 6) is 0. The Balaban J connectivity index is 0.963. The van der Waals surface area contributed by atoms with E-state index in [1.807, 2.05) is 6.07 Å². The van der Waals surface area contributed by atoms with Crippen LogP contribution in [-0.4, -0.2) is 15.8 Å². The van der Waals surface area contributed by atoms with Crippen LogP contribution in [0.1, 0.15) is 165 Å². The van der Waals surface area contributed by atoms with Crippen molar-refractivity contribution in [2.75, 3.05) is 9.80 Å². The van der Waals surface area contributed by atoms with Gasteiger partial charge in [0, 0.05) is 66.8 Å². The molecule has 0 saturated carbocycles. The third-order valence-corrected chi connectivity index (χ3v) is 24.0. The number of hydrogen-bond acceptors (Lipinski definition) is 2. The van der Waals surface area contributed by atoms with Crippen LogP contribution < -0.4 is 26.2 Å². The Morgan fingerprint density at radius 1 is 0.300 bits per heavy atom. The topological polar surface area (TPSA) is 16.3 Å². The lowest BCUT2D eigenvalue weighted by Gasteiger charge is -2.46. The van der Waals surface area contributed by atoms with E-state index in [-0.39, 0.29) is 67.6 Å². The first-order valence-corrected chi connectivity index (χ1v) is 38.9. The van der Waals surface area contributed by atoms with Gasteiger partial charge in [0.25, 0.3) is 6.71 Å². The fourth-order valence-corrected chi connectivity index (χ4v) is 18.3. The number of fused-ring (bicyclic) bond motifs is 14. The Bertz CT molecular complexity index is 6810. The van der Waals surface area contributed by atoms with Crippen LogP contribution in [0.15, 0.2) is 303 Å². The van der Waals surface area contributed by atoms with Crippen LogP contribution in [-0.2, 0) is 32.5 Å². The summed E-state index contributed by atoms with van der Waals surface area (Å²) >= 11 is 0. The second-order valence-electron chi connectivity index (χ2n) is 35.9. The highest BCUT2D eigenvalue weighted by molar-refractivity contribution is 7.00. The molecular formula is C105H95BN4. The third kappa shape index (κ3) is 10.6. The predicted octanol–water partition coefficient (Wildman–Crippen LogP) is 26.1. The number of hydrogen-bond donors (Lipinski definition) is 0. The fourth-order valence-electron chi connectivity index (χ4n) is 18.3. The van der Waals surface area contributed by atoms with E-state index >= 15 is 0 Å². The number of benzene rings is 14. The molecule has 0 unspecified atom stereocenters. The van der Waals surface area contributed by atoms with Crippen molar-refractivity contribution in [3.63, 3.8) is 0 Å². The number of para-hydroxylation sites is 3. The number of anilines is 6. The van der Waals surface area contributed by atoms with Gasteiger partial charge in [-0.2, -0.15) is 0 Å². The van der Waals surface area contributed by atoms with Crippen LogP contribution in [0.4, 0.5) is 34.1 Å². The highest BCUT2D eigenvalue weighted by Crippen LogP contribution is 2.60. The standard InChI is InChI=1S/C105H95BN4/c1-100(2,3)68-46-42-66(43-47-68)82-60-72(102(7,8)9)50-57-90(82)109-93-64-75(107-87-39-27-23-35-78(87)79-36-24-28-40-88(79)107)52-55-85(93)106-86-56-53-76(65-94(86)110(96-63-74(104(13,14)15)62-95(109)99(96)106)91-58-51-73(103(10,11)12)61-83(91)67-44-48-69(49-45-67)101(4,5)6)108-89-41-29-25-37-81(89)97-92(108)59-54-80-77-34-22-26-38-84(77)105(98(80)97,70-30-18-16-19-31-70)71-32-20-17-21-33-71/h16-65H,1-15H3/i23D,24D,27D,28D,35D,36D,39D,40D. The molecule has 4 nitrogen and oxygen atoms in total. The lowest BCUT2D eigenvalue weighted by Crippen LogP contribution is -2.61.